The van der Waals surface area contributed by atoms with Gasteiger partial charge in [-0.05, 0) is 65.0 Å². The summed E-state index contributed by atoms with van der Waals surface area (Å²) in [5, 5.41) is 0. The molecule has 0 radical (unpaired) electrons. The van der Waals surface area contributed by atoms with E-state index < -0.39 is 0 Å². The zero-order valence-corrected chi connectivity index (χ0v) is 16.0. The lowest BCUT2D eigenvalue weighted by molar-refractivity contribution is 0.0780. The van der Waals surface area contributed by atoms with E-state index >= 15 is 0 Å². The van der Waals surface area contributed by atoms with Gasteiger partial charge in [-0.1, -0.05) is 12.1 Å². The predicted molar refractivity (Wildman–Crippen MR) is 102 cm³/mol. The molecule has 0 bridgehead atoms. The van der Waals surface area contributed by atoms with Crippen molar-refractivity contribution in [2.75, 3.05) is 7.05 Å². The molecule has 3 aromatic rings. The molecule has 0 N–H and O–H groups in total. The van der Waals surface area contributed by atoms with Crippen LogP contribution in [0.3, 0.4) is 0 Å². The minimum Gasteiger partial charge on any atom is -0.334 e. The number of carbonyl (C=O) groups excluding carboxylic acids is 1. The van der Waals surface area contributed by atoms with Gasteiger partial charge in [-0.25, -0.2) is 9.37 Å². The van der Waals surface area contributed by atoms with Gasteiger partial charge in [-0.3, -0.25) is 4.79 Å². The number of nitrogens with zero attached hydrogens (tertiary/aromatic N) is 3. The number of halogens is 2. The van der Waals surface area contributed by atoms with E-state index in [0.29, 0.717) is 18.0 Å². The number of amides is 1. The summed E-state index contributed by atoms with van der Waals surface area (Å²) in [5.74, 6) is 1.06. The van der Waals surface area contributed by atoms with Crippen LogP contribution in [0, 0.1) is 11.7 Å². The molecule has 0 unspecified atom stereocenters. The maximum Gasteiger partial charge on any atom is 0.254 e. The highest BCUT2D eigenvalue weighted by molar-refractivity contribution is 9.10. The van der Waals surface area contributed by atoms with E-state index in [9.17, 15) is 9.18 Å². The number of aromatic nitrogens is 2. The molecule has 0 atom stereocenters. The quantitative estimate of drug-likeness (QED) is 0.609. The Bertz CT molecular complexity index is 980. The molecule has 134 valence electrons. The van der Waals surface area contributed by atoms with E-state index in [4.69, 9.17) is 4.98 Å². The van der Waals surface area contributed by atoms with Gasteiger partial charge in [-0.2, -0.15) is 0 Å². The molecule has 1 heterocycles. The standard InChI is InChI=1S/C20H19BrFN3O/c1-24(20(26)14-8-9-16(22)15(21)10-14)12-19-23-17-4-2-3-5-18(17)25(19)11-13-6-7-13/h2-5,8-10,13H,6-7,11-12H2,1H3. The maximum atomic E-state index is 13.4. The molecule has 1 aliphatic rings. The van der Waals surface area contributed by atoms with Crippen molar-refractivity contribution >= 4 is 32.9 Å². The third-order valence-electron chi connectivity index (χ3n) is 4.76. The molecule has 26 heavy (non-hydrogen) atoms. The van der Waals surface area contributed by atoms with Crippen LogP contribution in [0.2, 0.25) is 0 Å². The third-order valence-corrected chi connectivity index (χ3v) is 5.37. The van der Waals surface area contributed by atoms with Crippen molar-refractivity contribution in [1.82, 2.24) is 14.5 Å². The number of imidazole rings is 1. The van der Waals surface area contributed by atoms with Gasteiger partial charge < -0.3 is 9.47 Å². The van der Waals surface area contributed by atoms with Crippen molar-refractivity contribution in [3.05, 3.63) is 64.1 Å². The fourth-order valence-corrected chi connectivity index (χ4v) is 3.52. The van der Waals surface area contributed by atoms with Gasteiger partial charge >= 0.3 is 0 Å². The van der Waals surface area contributed by atoms with Gasteiger partial charge in [0.1, 0.15) is 11.6 Å². The normalized spacial score (nSPS) is 14.0. The molecule has 2 aromatic carbocycles. The van der Waals surface area contributed by atoms with Crippen LogP contribution < -0.4 is 0 Å². The second kappa shape index (κ2) is 6.83. The second-order valence-electron chi connectivity index (χ2n) is 6.86. The number of hydrogen-bond donors (Lipinski definition) is 0. The third kappa shape index (κ3) is 3.38. The van der Waals surface area contributed by atoms with E-state index in [-0.39, 0.29) is 16.2 Å². The van der Waals surface area contributed by atoms with Gasteiger partial charge in [0, 0.05) is 19.2 Å². The predicted octanol–water partition coefficient (Wildman–Crippen LogP) is 4.62. The fraction of sp³-hybridized carbons (Fsp3) is 0.300. The lowest BCUT2D eigenvalue weighted by Gasteiger charge is -2.18. The van der Waals surface area contributed by atoms with Gasteiger partial charge in [0.15, 0.2) is 0 Å². The first-order valence-electron chi connectivity index (χ1n) is 8.67. The number of para-hydroxylation sites is 2. The molecule has 1 fully saturated rings. The Kier molecular flexibility index (Phi) is 4.53. The van der Waals surface area contributed by atoms with E-state index in [2.05, 4.69) is 26.6 Å². The summed E-state index contributed by atoms with van der Waals surface area (Å²) in [6.07, 6.45) is 2.51. The molecular formula is C20H19BrFN3O. The van der Waals surface area contributed by atoms with Crippen LogP contribution in [0.25, 0.3) is 11.0 Å². The molecule has 4 nitrogen and oxygen atoms in total. The van der Waals surface area contributed by atoms with Crippen LogP contribution in [0.5, 0.6) is 0 Å². The molecular weight excluding hydrogens is 397 g/mol. The molecule has 0 aliphatic heterocycles. The Morgan fingerprint density at radius 1 is 1.31 bits per heavy atom. The van der Waals surface area contributed by atoms with Crippen molar-refractivity contribution in [2.24, 2.45) is 5.92 Å². The van der Waals surface area contributed by atoms with Gasteiger partial charge in [-0.15, -0.1) is 0 Å². The van der Waals surface area contributed by atoms with E-state index in [1.807, 2.05) is 18.2 Å². The number of hydrogen-bond acceptors (Lipinski definition) is 2. The van der Waals surface area contributed by atoms with Crippen LogP contribution >= 0.6 is 15.9 Å². The number of carbonyl (C=O) groups is 1. The van der Waals surface area contributed by atoms with Crippen LogP contribution in [-0.2, 0) is 13.1 Å². The van der Waals surface area contributed by atoms with Gasteiger partial charge in [0.25, 0.3) is 5.91 Å². The average molecular weight is 416 g/mol. The van der Waals surface area contributed by atoms with E-state index in [1.165, 1.54) is 31.0 Å². The van der Waals surface area contributed by atoms with Crippen molar-refractivity contribution in [2.45, 2.75) is 25.9 Å². The lowest BCUT2D eigenvalue weighted by Crippen LogP contribution is -2.28. The summed E-state index contributed by atoms with van der Waals surface area (Å²) in [6.45, 7) is 1.36. The van der Waals surface area contributed by atoms with E-state index in [0.717, 1.165) is 23.4 Å². The molecule has 1 aliphatic carbocycles. The first-order valence-corrected chi connectivity index (χ1v) is 9.47. The van der Waals surface area contributed by atoms with Crippen molar-refractivity contribution in [1.29, 1.82) is 0 Å². The minimum atomic E-state index is -0.379. The molecule has 4 rings (SSSR count). The largest absolute Gasteiger partial charge is 0.334 e. The molecule has 1 saturated carbocycles. The van der Waals surface area contributed by atoms with Crippen LogP contribution in [0.4, 0.5) is 4.39 Å². The molecule has 0 spiro atoms. The average Bonchev–Trinajstić information content (AvgIpc) is 3.39. The monoisotopic (exact) mass is 415 g/mol. The number of rotatable bonds is 5. The van der Waals surface area contributed by atoms with Crippen LogP contribution in [-0.4, -0.2) is 27.4 Å². The molecule has 1 amide bonds. The summed E-state index contributed by atoms with van der Waals surface area (Å²) in [6, 6.07) is 12.4. The van der Waals surface area contributed by atoms with Crippen LogP contribution in [0.15, 0.2) is 46.9 Å². The molecule has 0 saturated heterocycles. The minimum absolute atomic E-state index is 0.157. The molecule has 1 aromatic heterocycles. The van der Waals surface area contributed by atoms with Crippen LogP contribution in [0.1, 0.15) is 29.0 Å². The Hall–Kier alpha value is -2.21. The summed E-state index contributed by atoms with van der Waals surface area (Å²) < 4.78 is 15.9. The molecule has 6 heteroatoms. The summed E-state index contributed by atoms with van der Waals surface area (Å²) in [5.41, 5.74) is 2.51. The van der Waals surface area contributed by atoms with Crippen molar-refractivity contribution in [3.63, 3.8) is 0 Å². The second-order valence-corrected chi connectivity index (χ2v) is 7.72. The topological polar surface area (TPSA) is 38.1 Å². The maximum absolute atomic E-state index is 13.4. The first-order chi connectivity index (χ1) is 12.5. The SMILES string of the molecule is CN(Cc1nc2ccccc2n1CC1CC1)C(=O)c1ccc(F)c(Br)c1. The summed E-state index contributed by atoms with van der Waals surface area (Å²) in [4.78, 5) is 19.1. The Balaban J connectivity index is 1.61. The smallest absolute Gasteiger partial charge is 0.254 e. The fourth-order valence-electron chi connectivity index (χ4n) is 3.14. The first kappa shape index (κ1) is 17.2. The number of benzene rings is 2. The summed E-state index contributed by atoms with van der Waals surface area (Å²) in [7, 11) is 1.75. The zero-order chi connectivity index (χ0) is 18.3. The Morgan fingerprint density at radius 3 is 2.81 bits per heavy atom. The van der Waals surface area contributed by atoms with Gasteiger partial charge in [0.05, 0.1) is 22.1 Å². The zero-order valence-electron chi connectivity index (χ0n) is 14.5. The number of fused-ring (bicyclic) bond motifs is 1. The van der Waals surface area contributed by atoms with Crippen molar-refractivity contribution in [3.8, 4) is 0 Å². The van der Waals surface area contributed by atoms with Gasteiger partial charge in [0.2, 0.25) is 0 Å². The Morgan fingerprint density at radius 2 is 2.08 bits per heavy atom. The Labute approximate surface area is 159 Å². The lowest BCUT2D eigenvalue weighted by atomic mass is 10.2. The highest BCUT2D eigenvalue weighted by atomic mass is 79.9. The highest BCUT2D eigenvalue weighted by Crippen LogP contribution is 2.32. The van der Waals surface area contributed by atoms with Crippen molar-refractivity contribution < 1.29 is 9.18 Å². The van der Waals surface area contributed by atoms with E-state index in [1.54, 1.807) is 11.9 Å². The highest BCUT2D eigenvalue weighted by Gasteiger charge is 2.25. The summed E-state index contributed by atoms with van der Waals surface area (Å²) >= 11 is 3.14.